The summed E-state index contributed by atoms with van der Waals surface area (Å²) >= 11 is 0. The monoisotopic (exact) mass is 216 g/mol. The molecule has 0 spiro atoms. The van der Waals surface area contributed by atoms with Gasteiger partial charge >= 0.3 is 5.63 Å². The first kappa shape index (κ1) is 10.9. The van der Waals surface area contributed by atoms with Crippen LogP contribution in [0.1, 0.15) is 30.9 Å². The van der Waals surface area contributed by atoms with E-state index in [2.05, 4.69) is 6.92 Å². The van der Waals surface area contributed by atoms with E-state index < -0.39 is 0 Å². The van der Waals surface area contributed by atoms with Crippen molar-refractivity contribution in [2.45, 2.75) is 33.1 Å². The normalized spacial score (nSPS) is 10.9. The second-order valence-corrected chi connectivity index (χ2v) is 4.09. The summed E-state index contributed by atoms with van der Waals surface area (Å²) in [5, 5.41) is 1.05. The second-order valence-electron chi connectivity index (χ2n) is 4.09. The molecular weight excluding hydrogens is 200 g/mol. The Morgan fingerprint density at radius 2 is 2.00 bits per heavy atom. The fourth-order valence-electron chi connectivity index (χ4n) is 1.99. The summed E-state index contributed by atoms with van der Waals surface area (Å²) in [6, 6.07) is 7.70. The van der Waals surface area contributed by atoms with E-state index in [-0.39, 0.29) is 5.63 Å². The highest BCUT2D eigenvalue weighted by Gasteiger charge is 2.09. The summed E-state index contributed by atoms with van der Waals surface area (Å²) in [4.78, 5) is 11.8. The lowest BCUT2D eigenvalue weighted by molar-refractivity contribution is 0.545. The summed E-state index contributed by atoms with van der Waals surface area (Å²) in [6.45, 7) is 4.13. The predicted octanol–water partition coefficient (Wildman–Crippen LogP) is 3.44. The summed E-state index contributed by atoms with van der Waals surface area (Å²) < 4.78 is 5.32. The molecule has 0 amide bonds. The third kappa shape index (κ3) is 1.87. The van der Waals surface area contributed by atoms with Crippen molar-refractivity contribution < 1.29 is 4.42 Å². The van der Waals surface area contributed by atoms with E-state index in [1.165, 1.54) is 0 Å². The fourth-order valence-corrected chi connectivity index (χ4v) is 1.99. The molecule has 2 heteroatoms. The van der Waals surface area contributed by atoms with Gasteiger partial charge < -0.3 is 4.42 Å². The van der Waals surface area contributed by atoms with Gasteiger partial charge in [-0.1, -0.05) is 31.5 Å². The van der Waals surface area contributed by atoms with Gasteiger partial charge in [0.2, 0.25) is 0 Å². The smallest absolute Gasteiger partial charge is 0.339 e. The molecule has 0 saturated heterocycles. The van der Waals surface area contributed by atoms with Crippen molar-refractivity contribution in [1.82, 2.24) is 0 Å². The molecule has 2 nitrogen and oxygen atoms in total. The summed E-state index contributed by atoms with van der Waals surface area (Å²) in [6.07, 6.45) is 2.94. The highest BCUT2D eigenvalue weighted by atomic mass is 16.4. The van der Waals surface area contributed by atoms with Gasteiger partial charge in [0.15, 0.2) is 0 Å². The Hall–Kier alpha value is -1.57. The lowest BCUT2D eigenvalue weighted by atomic mass is 10.0. The van der Waals surface area contributed by atoms with E-state index in [1.54, 1.807) is 0 Å². The molecule has 0 radical (unpaired) electrons. The minimum absolute atomic E-state index is 0.176. The Bertz CT molecular complexity index is 552. The number of unbranched alkanes of at least 4 members (excludes halogenated alkanes) is 1. The zero-order valence-electron chi connectivity index (χ0n) is 9.75. The third-order valence-electron chi connectivity index (χ3n) is 2.97. The lowest BCUT2D eigenvalue weighted by Gasteiger charge is -2.06. The summed E-state index contributed by atoms with van der Waals surface area (Å²) in [7, 11) is 0. The van der Waals surface area contributed by atoms with Crippen LogP contribution in [0.2, 0.25) is 0 Å². The number of aryl methyl sites for hydroxylation is 1. The fraction of sp³-hybridized carbons (Fsp3) is 0.357. The van der Waals surface area contributed by atoms with Crippen LogP contribution in [-0.2, 0) is 6.42 Å². The van der Waals surface area contributed by atoms with Crippen LogP contribution in [0.25, 0.3) is 11.0 Å². The van der Waals surface area contributed by atoms with Crippen molar-refractivity contribution in [1.29, 1.82) is 0 Å². The maximum atomic E-state index is 11.8. The van der Waals surface area contributed by atoms with Gasteiger partial charge in [0.25, 0.3) is 0 Å². The highest BCUT2D eigenvalue weighted by molar-refractivity contribution is 5.80. The van der Waals surface area contributed by atoms with Gasteiger partial charge in [-0.3, -0.25) is 0 Å². The molecule has 84 valence electrons. The van der Waals surface area contributed by atoms with E-state index in [0.717, 1.165) is 35.8 Å². The number of para-hydroxylation sites is 1. The Morgan fingerprint density at radius 3 is 2.75 bits per heavy atom. The maximum Gasteiger partial charge on any atom is 0.339 e. The molecule has 1 heterocycles. The first-order chi connectivity index (χ1) is 7.74. The topological polar surface area (TPSA) is 30.2 Å². The molecule has 0 aliphatic rings. The maximum absolute atomic E-state index is 11.8. The predicted molar refractivity (Wildman–Crippen MR) is 65.8 cm³/mol. The molecule has 0 saturated carbocycles. The summed E-state index contributed by atoms with van der Waals surface area (Å²) in [5.41, 5.74) is 2.41. The summed E-state index contributed by atoms with van der Waals surface area (Å²) in [5.74, 6) is 0. The molecule has 0 aliphatic carbocycles. The molecular formula is C14H16O2. The average molecular weight is 216 g/mol. The van der Waals surface area contributed by atoms with Crippen molar-refractivity contribution in [3.8, 4) is 0 Å². The van der Waals surface area contributed by atoms with Gasteiger partial charge in [-0.15, -0.1) is 0 Å². The van der Waals surface area contributed by atoms with Crippen molar-refractivity contribution in [3.05, 3.63) is 45.8 Å². The van der Waals surface area contributed by atoms with Gasteiger partial charge in [0, 0.05) is 10.9 Å². The molecule has 0 aliphatic heterocycles. The SMILES string of the molecule is CCCCc1c(C)c2ccccc2oc1=O. The quantitative estimate of drug-likeness (QED) is 0.736. The molecule has 1 aromatic carbocycles. The minimum Gasteiger partial charge on any atom is -0.423 e. The Labute approximate surface area is 94.9 Å². The Morgan fingerprint density at radius 1 is 1.25 bits per heavy atom. The third-order valence-corrected chi connectivity index (χ3v) is 2.97. The molecule has 0 fully saturated rings. The van der Waals surface area contributed by atoms with Crippen LogP contribution in [0.5, 0.6) is 0 Å². The molecule has 1 aromatic heterocycles. The number of hydrogen-bond donors (Lipinski definition) is 0. The average Bonchev–Trinajstić information content (AvgIpc) is 2.29. The molecule has 2 rings (SSSR count). The second kappa shape index (κ2) is 4.52. The van der Waals surface area contributed by atoms with Crippen LogP contribution in [0.3, 0.4) is 0 Å². The van der Waals surface area contributed by atoms with Gasteiger partial charge in [-0.2, -0.15) is 0 Å². The van der Waals surface area contributed by atoms with E-state index in [9.17, 15) is 4.79 Å². The van der Waals surface area contributed by atoms with Crippen LogP contribution < -0.4 is 5.63 Å². The lowest BCUT2D eigenvalue weighted by Crippen LogP contribution is -2.10. The zero-order valence-corrected chi connectivity index (χ0v) is 9.75. The van der Waals surface area contributed by atoms with E-state index in [1.807, 2.05) is 31.2 Å². The zero-order chi connectivity index (χ0) is 11.5. The molecule has 0 bridgehead atoms. The number of hydrogen-bond acceptors (Lipinski definition) is 2. The largest absolute Gasteiger partial charge is 0.423 e. The van der Waals surface area contributed by atoms with E-state index in [4.69, 9.17) is 4.42 Å². The minimum atomic E-state index is -0.176. The van der Waals surface area contributed by atoms with E-state index >= 15 is 0 Å². The number of rotatable bonds is 3. The van der Waals surface area contributed by atoms with Crippen LogP contribution in [0.15, 0.2) is 33.5 Å². The first-order valence-corrected chi connectivity index (χ1v) is 5.75. The molecule has 0 N–H and O–H groups in total. The van der Waals surface area contributed by atoms with Crippen molar-refractivity contribution in [2.75, 3.05) is 0 Å². The van der Waals surface area contributed by atoms with Crippen LogP contribution in [0.4, 0.5) is 0 Å². The van der Waals surface area contributed by atoms with Crippen molar-refractivity contribution >= 4 is 11.0 Å². The molecule has 0 atom stereocenters. The Balaban J connectivity index is 2.61. The molecule has 16 heavy (non-hydrogen) atoms. The van der Waals surface area contributed by atoms with Crippen LogP contribution >= 0.6 is 0 Å². The standard InChI is InChI=1S/C14H16O2/c1-3-4-7-12-10(2)11-8-5-6-9-13(11)16-14(12)15/h5-6,8-9H,3-4,7H2,1-2H3. The van der Waals surface area contributed by atoms with Gasteiger partial charge in [0.05, 0.1) is 0 Å². The molecule has 2 aromatic rings. The van der Waals surface area contributed by atoms with Gasteiger partial charge in [-0.25, -0.2) is 4.79 Å². The molecule has 0 unspecified atom stereocenters. The first-order valence-electron chi connectivity index (χ1n) is 5.75. The highest BCUT2D eigenvalue weighted by Crippen LogP contribution is 2.19. The van der Waals surface area contributed by atoms with Crippen molar-refractivity contribution in [2.24, 2.45) is 0 Å². The van der Waals surface area contributed by atoms with Gasteiger partial charge in [-0.05, 0) is 31.4 Å². The van der Waals surface area contributed by atoms with Gasteiger partial charge in [0.1, 0.15) is 5.58 Å². The number of fused-ring (bicyclic) bond motifs is 1. The van der Waals surface area contributed by atoms with Crippen LogP contribution in [-0.4, -0.2) is 0 Å². The van der Waals surface area contributed by atoms with Crippen LogP contribution in [0, 0.1) is 6.92 Å². The number of benzene rings is 1. The van der Waals surface area contributed by atoms with E-state index in [0.29, 0.717) is 5.58 Å². The Kier molecular flexibility index (Phi) is 3.09. The van der Waals surface area contributed by atoms with Crippen molar-refractivity contribution in [3.63, 3.8) is 0 Å².